The molecule has 0 saturated heterocycles. The standard InChI is InChI=1S/CH4O3S.Ca.2H/c1-4-5(2)3;;;/h1H3,(H,2,3);;;/q;+2;2*-1. The van der Waals surface area contributed by atoms with E-state index in [0.717, 1.165) is 7.11 Å². The van der Waals surface area contributed by atoms with Crippen LogP contribution in [0.2, 0.25) is 0 Å². The van der Waals surface area contributed by atoms with Gasteiger partial charge in [0.2, 0.25) is 0 Å². The van der Waals surface area contributed by atoms with E-state index in [9.17, 15) is 4.21 Å². The van der Waals surface area contributed by atoms with Crippen molar-refractivity contribution < 1.29 is 15.8 Å². The Hall–Kier alpha value is 1.33. The molecule has 0 aromatic heterocycles. The average Bonchev–Trinajstić information content (AvgIpc) is 1.38. The zero-order chi connectivity index (χ0) is 4.28. The molecule has 6 heavy (non-hydrogen) atoms. The van der Waals surface area contributed by atoms with Gasteiger partial charge in [-0.3, -0.25) is 8.74 Å². The second kappa shape index (κ2) is 6.33. The van der Waals surface area contributed by atoms with Gasteiger partial charge in [0.05, 0.1) is 7.11 Å². The molecule has 0 saturated carbocycles. The van der Waals surface area contributed by atoms with Crippen molar-refractivity contribution in [3.8, 4) is 0 Å². The van der Waals surface area contributed by atoms with Crippen molar-refractivity contribution >= 4 is 49.1 Å². The molecule has 0 radical (unpaired) electrons. The van der Waals surface area contributed by atoms with Crippen LogP contribution >= 0.6 is 0 Å². The van der Waals surface area contributed by atoms with E-state index in [2.05, 4.69) is 4.18 Å². The van der Waals surface area contributed by atoms with E-state index in [-0.39, 0.29) is 40.6 Å². The summed E-state index contributed by atoms with van der Waals surface area (Å²) in [6.45, 7) is 0. The number of hydrogen-bond donors (Lipinski definition) is 1. The molecule has 1 N–H and O–H groups in total. The van der Waals surface area contributed by atoms with Crippen LogP contribution in [0.1, 0.15) is 2.85 Å². The smallest absolute Gasteiger partial charge is 1.00 e. The van der Waals surface area contributed by atoms with Gasteiger partial charge in [0.1, 0.15) is 0 Å². The molecule has 0 aliphatic carbocycles. The molecule has 1 atom stereocenters. The van der Waals surface area contributed by atoms with Crippen LogP contribution in [0.4, 0.5) is 0 Å². The Morgan fingerprint density at radius 1 is 2.00 bits per heavy atom. The summed E-state index contributed by atoms with van der Waals surface area (Å²) in [4.78, 5) is 0. The Morgan fingerprint density at radius 2 is 2.17 bits per heavy atom. The largest absolute Gasteiger partial charge is 2.00 e. The van der Waals surface area contributed by atoms with Crippen LogP contribution in [0.3, 0.4) is 0 Å². The molecule has 0 aromatic carbocycles. The van der Waals surface area contributed by atoms with Gasteiger partial charge in [0, 0.05) is 0 Å². The van der Waals surface area contributed by atoms with Crippen molar-refractivity contribution in [1.29, 1.82) is 0 Å². The second-order valence-electron chi connectivity index (χ2n) is 0.384. The van der Waals surface area contributed by atoms with E-state index < -0.39 is 11.4 Å². The van der Waals surface area contributed by atoms with Crippen molar-refractivity contribution in [3.63, 3.8) is 0 Å². The summed E-state index contributed by atoms with van der Waals surface area (Å²) in [6.07, 6.45) is 0. The van der Waals surface area contributed by atoms with Gasteiger partial charge < -0.3 is 2.85 Å². The monoisotopic (exact) mass is 138 g/mol. The molecule has 0 rings (SSSR count). The fourth-order valence-corrected chi connectivity index (χ4v) is 0. The normalized spacial score (nSPS) is 12.3. The first kappa shape index (κ1) is 10.3. The Bertz CT molecular complexity index is 52.5. The zero-order valence-corrected chi connectivity index (χ0v) is 6.40. The minimum Gasteiger partial charge on any atom is -1.00 e. The van der Waals surface area contributed by atoms with E-state index in [1.165, 1.54) is 0 Å². The van der Waals surface area contributed by atoms with Crippen molar-refractivity contribution in [3.05, 3.63) is 0 Å². The maximum Gasteiger partial charge on any atom is 2.00 e. The Kier molecular flexibility index (Phi) is 10.9. The van der Waals surface area contributed by atoms with Gasteiger partial charge in [-0.05, 0) is 0 Å². The van der Waals surface area contributed by atoms with Gasteiger partial charge in [-0.1, -0.05) is 0 Å². The maximum atomic E-state index is 9.26. The first-order chi connectivity index (χ1) is 2.27. The van der Waals surface area contributed by atoms with E-state index in [1.54, 1.807) is 0 Å². The van der Waals surface area contributed by atoms with Gasteiger partial charge in [-0.2, -0.15) is 4.21 Å². The van der Waals surface area contributed by atoms with Crippen LogP contribution in [0.5, 0.6) is 0 Å². The molecule has 36 valence electrons. The van der Waals surface area contributed by atoms with Crippen LogP contribution in [0.25, 0.3) is 0 Å². The molecular formula is CH6CaO3S. The third-order valence-corrected chi connectivity index (χ3v) is 0.428. The van der Waals surface area contributed by atoms with Gasteiger partial charge in [0.25, 0.3) is 0 Å². The van der Waals surface area contributed by atoms with Crippen molar-refractivity contribution in [2.75, 3.05) is 7.11 Å². The number of hydrogen-bond acceptors (Lipinski definition) is 2. The molecule has 0 heterocycles. The summed E-state index contributed by atoms with van der Waals surface area (Å²) in [7, 11) is 1.15. The molecule has 0 aromatic rings. The van der Waals surface area contributed by atoms with Crippen LogP contribution in [-0.4, -0.2) is 53.6 Å². The van der Waals surface area contributed by atoms with E-state index in [1.807, 2.05) is 0 Å². The minimum atomic E-state index is -2.07. The van der Waals surface area contributed by atoms with Crippen LogP contribution in [0, 0.1) is 0 Å². The quantitative estimate of drug-likeness (QED) is 0.396. The Balaban J connectivity index is -0.0000000267. The SMILES string of the molecule is COS(=O)O.[Ca+2].[H-].[H-]. The molecule has 5 heteroatoms. The predicted molar refractivity (Wildman–Crippen MR) is 25.8 cm³/mol. The summed E-state index contributed by atoms with van der Waals surface area (Å²) in [5, 5.41) is 0. The van der Waals surface area contributed by atoms with Crippen molar-refractivity contribution in [2.45, 2.75) is 0 Å². The summed E-state index contributed by atoms with van der Waals surface area (Å²) in [6, 6.07) is 0. The third-order valence-electron chi connectivity index (χ3n) is 0.143. The maximum absolute atomic E-state index is 9.26. The van der Waals surface area contributed by atoms with Crippen LogP contribution in [0.15, 0.2) is 0 Å². The van der Waals surface area contributed by atoms with Gasteiger partial charge in [-0.25, -0.2) is 0 Å². The summed E-state index contributed by atoms with van der Waals surface area (Å²) in [5.41, 5.74) is 0. The van der Waals surface area contributed by atoms with Crippen LogP contribution in [-0.2, 0) is 15.5 Å². The summed E-state index contributed by atoms with van der Waals surface area (Å²) >= 11 is -2.07. The molecule has 0 fully saturated rings. The van der Waals surface area contributed by atoms with E-state index in [0.29, 0.717) is 0 Å². The van der Waals surface area contributed by atoms with Crippen LogP contribution < -0.4 is 0 Å². The van der Waals surface area contributed by atoms with Gasteiger partial charge >= 0.3 is 49.1 Å². The molecular weight excluding hydrogens is 132 g/mol. The molecule has 0 aliphatic heterocycles. The molecule has 0 spiro atoms. The van der Waals surface area contributed by atoms with Gasteiger partial charge in [0.15, 0.2) is 0 Å². The summed E-state index contributed by atoms with van der Waals surface area (Å²) < 4.78 is 20.6. The van der Waals surface area contributed by atoms with E-state index in [4.69, 9.17) is 4.55 Å². The fraction of sp³-hybridized carbons (Fsp3) is 1.00. The number of rotatable bonds is 1. The Morgan fingerprint density at radius 3 is 2.17 bits per heavy atom. The third kappa shape index (κ3) is 9.01. The summed E-state index contributed by atoms with van der Waals surface area (Å²) in [5.74, 6) is 0. The average molecular weight is 138 g/mol. The molecule has 0 aliphatic rings. The first-order valence-electron chi connectivity index (χ1n) is 0.924. The second-order valence-corrected chi connectivity index (χ2v) is 1.15. The van der Waals surface area contributed by atoms with Gasteiger partial charge in [-0.15, -0.1) is 0 Å². The molecule has 0 bridgehead atoms. The fourth-order valence-electron chi connectivity index (χ4n) is 0. The molecule has 3 nitrogen and oxygen atoms in total. The topological polar surface area (TPSA) is 46.5 Å². The van der Waals surface area contributed by atoms with Crippen molar-refractivity contribution in [1.82, 2.24) is 0 Å². The minimum absolute atomic E-state index is 0. The molecule has 0 amide bonds. The van der Waals surface area contributed by atoms with E-state index >= 15 is 0 Å². The Labute approximate surface area is 71.5 Å². The molecule has 1 unspecified atom stereocenters. The van der Waals surface area contributed by atoms with Crippen molar-refractivity contribution in [2.24, 2.45) is 0 Å². The zero-order valence-electron chi connectivity index (χ0n) is 5.38. The predicted octanol–water partition coefficient (Wildman–Crippen LogP) is -0.386. The first-order valence-corrected chi connectivity index (χ1v) is 1.96.